The molecule has 1 atom stereocenters. The molecular weight excluding hydrogens is 326 g/mol. The third-order valence-electron chi connectivity index (χ3n) is 5.00. The summed E-state index contributed by atoms with van der Waals surface area (Å²) in [7, 11) is 0. The van der Waals surface area contributed by atoms with Crippen LogP contribution in [-0.4, -0.2) is 43.4 Å². The van der Waals surface area contributed by atoms with E-state index < -0.39 is 0 Å². The summed E-state index contributed by atoms with van der Waals surface area (Å²) in [5.74, 6) is 1.27. The number of hydrogen-bond donors (Lipinski definition) is 0. The molecular formula is C20H23N5O. The summed E-state index contributed by atoms with van der Waals surface area (Å²) in [4.78, 5) is 27.8. The second kappa shape index (κ2) is 6.86. The van der Waals surface area contributed by atoms with Crippen molar-refractivity contribution in [2.45, 2.75) is 38.6 Å². The van der Waals surface area contributed by atoms with Crippen molar-refractivity contribution < 1.29 is 4.79 Å². The lowest BCUT2D eigenvalue weighted by atomic mass is 9.96. The molecule has 1 fully saturated rings. The van der Waals surface area contributed by atoms with E-state index in [1.165, 1.54) is 6.20 Å². The van der Waals surface area contributed by atoms with E-state index in [1.54, 1.807) is 12.4 Å². The number of likely N-dealkylation sites (tertiary alicyclic amines) is 1. The van der Waals surface area contributed by atoms with E-state index in [0.717, 1.165) is 36.2 Å². The maximum absolute atomic E-state index is 12.8. The van der Waals surface area contributed by atoms with Gasteiger partial charge in [-0.25, -0.2) is 9.97 Å². The van der Waals surface area contributed by atoms with E-state index >= 15 is 0 Å². The molecule has 3 heterocycles. The number of para-hydroxylation sites is 2. The Morgan fingerprint density at radius 3 is 2.85 bits per heavy atom. The molecule has 1 saturated heterocycles. The highest BCUT2D eigenvalue weighted by Gasteiger charge is 2.30. The zero-order valence-electron chi connectivity index (χ0n) is 15.2. The van der Waals surface area contributed by atoms with Gasteiger partial charge in [-0.2, -0.15) is 0 Å². The molecule has 3 aromatic rings. The van der Waals surface area contributed by atoms with E-state index in [4.69, 9.17) is 4.98 Å². The Labute approximate surface area is 152 Å². The maximum Gasteiger partial charge on any atom is 0.274 e. The fourth-order valence-corrected chi connectivity index (χ4v) is 3.84. The van der Waals surface area contributed by atoms with Crippen LogP contribution in [0.5, 0.6) is 0 Å². The fourth-order valence-electron chi connectivity index (χ4n) is 3.84. The van der Waals surface area contributed by atoms with Crippen molar-refractivity contribution in [3.05, 3.63) is 54.4 Å². The quantitative estimate of drug-likeness (QED) is 0.727. The molecule has 0 N–H and O–H groups in total. The Hall–Kier alpha value is -2.76. The van der Waals surface area contributed by atoms with Crippen LogP contribution in [0.2, 0.25) is 0 Å². The van der Waals surface area contributed by atoms with Crippen LogP contribution in [0, 0.1) is 0 Å². The van der Waals surface area contributed by atoms with Crippen LogP contribution < -0.4 is 0 Å². The van der Waals surface area contributed by atoms with Gasteiger partial charge in [-0.05, 0) is 38.8 Å². The van der Waals surface area contributed by atoms with Crippen molar-refractivity contribution in [2.75, 3.05) is 13.1 Å². The fraction of sp³-hybridized carbons (Fsp3) is 0.400. The number of carbonyl (C=O) groups is 1. The smallest absolute Gasteiger partial charge is 0.274 e. The molecule has 0 bridgehead atoms. The van der Waals surface area contributed by atoms with Gasteiger partial charge in [0.25, 0.3) is 5.91 Å². The number of hydrogen-bond acceptors (Lipinski definition) is 4. The van der Waals surface area contributed by atoms with Gasteiger partial charge in [0.05, 0.1) is 17.2 Å². The van der Waals surface area contributed by atoms with E-state index in [1.807, 2.05) is 11.0 Å². The molecule has 26 heavy (non-hydrogen) atoms. The van der Waals surface area contributed by atoms with Crippen LogP contribution in [0.3, 0.4) is 0 Å². The van der Waals surface area contributed by atoms with Gasteiger partial charge >= 0.3 is 0 Å². The van der Waals surface area contributed by atoms with Crippen molar-refractivity contribution in [2.24, 2.45) is 0 Å². The zero-order chi connectivity index (χ0) is 18.1. The molecule has 0 aliphatic carbocycles. The number of aromatic nitrogens is 4. The predicted octanol–water partition coefficient (Wildman–Crippen LogP) is 3.43. The van der Waals surface area contributed by atoms with Gasteiger partial charge in [0.2, 0.25) is 0 Å². The van der Waals surface area contributed by atoms with E-state index in [9.17, 15) is 4.79 Å². The van der Waals surface area contributed by atoms with Crippen molar-refractivity contribution in [3.63, 3.8) is 0 Å². The normalized spacial score (nSPS) is 17.8. The highest BCUT2D eigenvalue weighted by atomic mass is 16.2. The van der Waals surface area contributed by atoms with Gasteiger partial charge in [-0.1, -0.05) is 12.1 Å². The standard InChI is InChI=1S/C20H23N5O/c1-14(2)25-18-8-4-3-7-16(18)23-19(25)15-6-5-11-24(13-15)20(26)17-12-21-9-10-22-17/h3-4,7-10,12,14-15H,5-6,11,13H2,1-2H3. The summed E-state index contributed by atoms with van der Waals surface area (Å²) in [6.45, 7) is 5.80. The second-order valence-corrected chi connectivity index (χ2v) is 7.10. The van der Waals surface area contributed by atoms with Gasteiger partial charge in [0, 0.05) is 37.4 Å². The lowest BCUT2D eigenvalue weighted by Crippen LogP contribution is -2.40. The molecule has 2 aromatic heterocycles. The predicted molar refractivity (Wildman–Crippen MR) is 100 cm³/mol. The summed E-state index contributed by atoms with van der Waals surface area (Å²) in [5.41, 5.74) is 2.59. The second-order valence-electron chi connectivity index (χ2n) is 7.10. The van der Waals surface area contributed by atoms with Crippen LogP contribution in [-0.2, 0) is 0 Å². The number of amides is 1. The van der Waals surface area contributed by atoms with Crippen molar-refractivity contribution >= 4 is 16.9 Å². The van der Waals surface area contributed by atoms with Crippen LogP contribution in [0.4, 0.5) is 0 Å². The molecule has 0 saturated carbocycles. The van der Waals surface area contributed by atoms with Gasteiger partial charge < -0.3 is 9.47 Å². The molecule has 134 valence electrons. The minimum atomic E-state index is -0.0463. The third-order valence-corrected chi connectivity index (χ3v) is 5.00. The molecule has 1 amide bonds. The van der Waals surface area contributed by atoms with Gasteiger partial charge in [0.1, 0.15) is 11.5 Å². The highest BCUT2D eigenvalue weighted by Crippen LogP contribution is 2.31. The van der Waals surface area contributed by atoms with Crippen LogP contribution in [0.15, 0.2) is 42.9 Å². The highest BCUT2D eigenvalue weighted by molar-refractivity contribution is 5.92. The molecule has 1 unspecified atom stereocenters. The van der Waals surface area contributed by atoms with Crippen LogP contribution in [0.25, 0.3) is 11.0 Å². The number of fused-ring (bicyclic) bond motifs is 1. The summed E-state index contributed by atoms with van der Waals surface area (Å²) >= 11 is 0. The van der Waals surface area contributed by atoms with Crippen molar-refractivity contribution in [1.82, 2.24) is 24.4 Å². The monoisotopic (exact) mass is 349 g/mol. The molecule has 0 radical (unpaired) electrons. The Balaban J connectivity index is 1.65. The Bertz CT molecular complexity index is 918. The topological polar surface area (TPSA) is 63.9 Å². The molecule has 1 aliphatic heterocycles. The average Bonchev–Trinajstić information content (AvgIpc) is 3.08. The summed E-state index contributed by atoms with van der Waals surface area (Å²) in [5, 5.41) is 0. The van der Waals surface area contributed by atoms with Crippen molar-refractivity contribution in [3.8, 4) is 0 Å². The van der Waals surface area contributed by atoms with Crippen LogP contribution >= 0.6 is 0 Å². The summed E-state index contributed by atoms with van der Waals surface area (Å²) in [6.07, 6.45) is 6.70. The number of benzene rings is 1. The number of nitrogens with zero attached hydrogens (tertiary/aromatic N) is 5. The molecule has 0 spiro atoms. The van der Waals surface area contributed by atoms with E-state index in [2.05, 4.69) is 46.6 Å². The van der Waals surface area contributed by atoms with E-state index in [-0.39, 0.29) is 11.8 Å². The van der Waals surface area contributed by atoms with E-state index in [0.29, 0.717) is 18.3 Å². The number of piperidine rings is 1. The Morgan fingerprint density at radius 1 is 1.23 bits per heavy atom. The minimum Gasteiger partial charge on any atom is -0.337 e. The first-order chi connectivity index (χ1) is 12.6. The number of rotatable bonds is 3. The number of imidazole rings is 1. The lowest BCUT2D eigenvalue weighted by Gasteiger charge is -2.33. The van der Waals surface area contributed by atoms with Crippen molar-refractivity contribution in [1.29, 1.82) is 0 Å². The summed E-state index contributed by atoms with van der Waals surface area (Å²) < 4.78 is 2.32. The Morgan fingerprint density at radius 2 is 2.08 bits per heavy atom. The Kier molecular flexibility index (Phi) is 4.41. The van der Waals surface area contributed by atoms with Gasteiger partial charge in [-0.3, -0.25) is 9.78 Å². The molecule has 1 aliphatic rings. The van der Waals surface area contributed by atoms with Gasteiger partial charge in [0.15, 0.2) is 0 Å². The third kappa shape index (κ3) is 2.96. The largest absolute Gasteiger partial charge is 0.337 e. The molecule has 1 aromatic carbocycles. The maximum atomic E-state index is 12.8. The average molecular weight is 349 g/mol. The summed E-state index contributed by atoms with van der Waals surface area (Å²) in [6, 6.07) is 8.58. The first-order valence-electron chi connectivity index (χ1n) is 9.17. The minimum absolute atomic E-state index is 0.0463. The first-order valence-corrected chi connectivity index (χ1v) is 9.17. The zero-order valence-corrected chi connectivity index (χ0v) is 15.2. The number of carbonyl (C=O) groups excluding carboxylic acids is 1. The van der Waals surface area contributed by atoms with Crippen LogP contribution in [0.1, 0.15) is 55.0 Å². The molecule has 6 heteroatoms. The van der Waals surface area contributed by atoms with Gasteiger partial charge in [-0.15, -0.1) is 0 Å². The first kappa shape index (κ1) is 16.7. The molecule has 4 rings (SSSR count). The molecule has 6 nitrogen and oxygen atoms in total. The lowest BCUT2D eigenvalue weighted by molar-refractivity contribution is 0.0697. The SMILES string of the molecule is CC(C)n1c(C2CCCN(C(=O)c3cnccn3)C2)nc2ccccc21.